The number of hydrogen-bond donors (Lipinski definition) is 3. The van der Waals surface area contributed by atoms with Crippen molar-refractivity contribution < 1.29 is 4.79 Å². The molecular formula is C15H19N5O. The van der Waals surface area contributed by atoms with Crippen molar-refractivity contribution in [3.05, 3.63) is 40.8 Å². The van der Waals surface area contributed by atoms with E-state index >= 15 is 0 Å². The molecule has 6 heteroatoms. The minimum absolute atomic E-state index is 0.140. The van der Waals surface area contributed by atoms with E-state index in [9.17, 15) is 4.79 Å². The molecule has 0 bridgehead atoms. The molecule has 0 radical (unpaired) electrons. The Morgan fingerprint density at radius 3 is 3.05 bits per heavy atom. The molecule has 21 heavy (non-hydrogen) atoms. The minimum atomic E-state index is -0.204. The Morgan fingerprint density at radius 2 is 2.24 bits per heavy atom. The van der Waals surface area contributed by atoms with Crippen molar-refractivity contribution in [1.29, 1.82) is 0 Å². The summed E-state index contributed by atoms with van der Waals surface area (Å²) in [5.74, 6) is 0.588. The molecule has 2 heterocycles. The van der Waals surface area contributed by atoms with Crippen LogP contribution < -0.4 is 10.6 Å². The van der Waals surface area contributed by atoms with Crippen LogP contribution in [-0.4, -0.2) is 27.3 Å². The van der Waals surface area contributed by atoms with Crippen LogP contribution >= 0.6 is 0 Å². The predicted molar refractivity (Wildman–Crippen MR) is 80.3 cm³/mol. The maximum Gasteiger partial charge on any atom is 0.320 e. The van der Waals surface area contributed by atoms with Gasteiger partial charge < -0.3 is 5.32 Å². The summed E-state index contributed by atoms with van der Waals surface area (Å²) in [5, 5.41) is 12.8. The number of carbonyl (C=O) groups excluding carboxylic acids is 1. The van der Waals surface area contributed by atoms with Gasteiger partial charge in [-0.3, -0.25) is 10.4 Å². The van der Waals surface area contributed by atoms with Crippen molar-refractivity contribution in [3.63, 3.8) is 0 Å². The van der Waals surface area contributed by atoms with Crippen molar-refractivity contribution in [2.45, 2.75) is 39.2 Å². The Morgan fingerprint density at radius 1 is 1.38 bits per heavy atom. The maximum atomic E-state index is 12.1. The molecule has 2 amide bonds. The topological polar surface area (TPSA) is 82.7 Å². The summed E-state index contributed by atoms with van der Waals surface area (Å²) >= 11 is 0. The molecule has 2 aromatic rings. The van der Waals surface area contributed by atoms with Crippen LogP contribution in [0.15, 0.2) is 18.3 Å². The Bertz CT molecular complexity index is 644. The van der Waals surface area contributed by atoms with Crippen LogP contribution in [0.25, 0.3) is 0 Å². The largest absolute Gasteiger partial charge is 0.335 e. The number of aryl methyl sites for hydroxylation is 3. The van der Waals surface area contributed by atoms with Gasteiger partial charge in [-0.2, -0.15) is 5.10 Å². The second-order valence-electron chi connectivity index (χ2n) is 5.58. The fourth-order valence-electron chi connectivity index (χ4n) is 2.78. The van der Waals surface area contributed by atoms with Gasteiger partial charge in [0.25, 0.3) is 0 Å². The Hall–Kier alpha value is -2.37. The number of anilines is 1. The molecular weight excluding hydrogens is 266 g/mol. The van der Waals surface area contributed by atoms with Gasteiger partial charge in [0, 0.05) is 17.4 Å². The third-order valence-corrected chi connectivity index (χ3v) is 3.69. The third kappa shape index (κ3) is 3.21. The van der Waals surface area contributed by atoms with E-state index in [0.29, 0.717) is 5.82 Å². The number of rotatable bonds is 2. The van der Waals surface area contributed by atoms with Crippen molar-refractivity contribution >= 4 is 11.8 Å². The molecule has 3 N–H and O–H groups in total. The highest BCUT2D eigenvalue weighted by Gasteiger charge is 2.21. The van der Waals surface area contributed by atoms with Crippen LogP contribution in [0.3, 0.4) is 0 Å². The minimum Gasteiger partial charge on any atom is -0.335 e. The van der Waals surface area contributed by atoms with E-state index < -0.39 is 0 Å². The van der Waals surface area contributed by atoms with Crippen molar-refractivity contribution in [3.8, 4) is 0 Å². The van der Waals surface area contributed by atoms with Crippen LogP contribution in [0.1, 0.15) is 28.9 Å². The number of nitrogens with zero attached hydrogens (tertiary/aromatic N) is 2. The molecule has 1 unspecified atom stereocenters. The first-order valence-electron chi connectivity index (χ1n) is 7.14. The molecule has 2 aromatic heterocycles. The van der Waals surface area contributed by atoms with E-state index in [1.807, 2.05) is 32.2 Å². The van der Waals surface area contributed by atoms with Gasteiger partial charge in [0.15, 0.2) is 0 Å². The van der Waals surface area contributed by atoms with Gasteiger partial charge in [0.2, 0.25) is 0 Å². The van der Waals surface area contributed by atoms with E-state index in [1.165, 1.54) is 11.3 Å². The Balaban J connectivity index is 1.60. The smallest absolute Gasteiger partial charge is 0.320 e. The summed E-state index contributed by atoms with van der Waals surface area (Å²) < 4.78 is 0. The molecule has 3 rings (SSSR count). The standard InChI is InChI=1S/C15H19N5O/c1-9-5-10(2)17-14(6-9)19-15(21)18-12-3-4-13-11(7-12)8-16-20-13/h5-6,8,12H,3-4,7H2,1-2H3,(H,16,20)(H2,17,18,19,21). The third-order valence-electron chi connectivity index (χ3n) is 3.69. The quantitative estimate of drug-likeness (QED) is 0.790. The first-order chi connectivity index (χ1) is 10.1. The summed E-state index contributed by atoms with van der Waals surface area (Å²) in [7, 11) is 0. The Labute approximate surface area is 123 Å². The van der Waals surface area contributed by atoms with Crippen LogP contribution in [0.2, 0.25) is 0 Å². The molecule has 6 nitrogen and oxygen atoms in total. The van der Waals surface area contributed by atoms with Gasteiger partial charge in [-0.1, -0.05) is 0 Å². The van der Waals surface area contributed by atoms with Crippen LogP contribution in [0.5, 0.6) is 0 Å². The molecule has 0 fully saturated rings. The monoisotopic (exact) mass is 285 g/mol. The lowest BCUT2D eigenvalue weighted by Gasteiger charge is -2.22. The lowest BCUT2D eigenvalue weighted by Crippen LogP contribution is -2.41. The number of carbonyl (C=O) groups is 1. The van der Waals surface area contributed by atoms with Gasteiger partial charge in [-0.05, 0) is 56.4 Å². The SMILES string of the molecule is Cc1cc(C)nc(NC(=O)NC2CCc3[nH]ncc3C2)c1. The average molecular weight is 285 g/mol. The molecule has 110 valence electrons. The first-order valence-corrected chi connectivity index (χ1v) is 7.14. The highest BCUT2D eigenvalue weighted by Crippen LogP contribution is 2.19. The van der Waals surface area contributed by atoms with E-state index in [4.69, 9.17) is 0 Å². The zero-order chi connectivity index (χ0) is 14.8. The Kier molecular flexibility index (Phi) is 3.60. The van der Waals surface area contributed by atoms with Gasteiger partial charge in [0.1, 0.15) is 5.82 Å². The molecule has 1 aliphatic carbocycles. The molecule has 0 aromatic carbocycles. The van der Waals surface area contributed by atoms with Crippen molar-refractivity contribution in [1.82, 2.24) is 20.5 Å². The highest BCUT2D eigenvalue weighted by molar-refractivity contribution is 5.88. The number of H-pyrrole nitrogens is 1. The number of nitrogens with one attached hydrogen (secondary N) is 3. The molecule has 1 atom stereocenters. The number of pyridine rings is 1. The zero-order valence-corrected chi connectivity index (χ0v) is 12.2. The summed E-state index contributed by atoms with van der Waals surface area (Å²) in [6.07, 6.45) is 4.50. The summed E-state index contributed by atoms with van der Waals surface area (Å²) in [6, 6.07) is 3.78. The molecule has 0 saturated carbocycles. The summed E-state index contributed by atoms with van der Waals surface area (Å²) in [4.78, 5) is 16.4. The average Bonchev–Trinajstić information content (AvgIpc) is 2.84. The van der Waals surface area contributed by atoms with E-state index in [1.54, 1.807) is 0 Å². The van der Waals surface area contributed by atoms with Crippen molar-refractivity contribution in [2.24, 2.45) is 0 Å². The summed E-state index contributed by atoms with van der Waals surface area (Å²) in [5.41, 5.74) is 4.35. The van der Waals surface area contributed by atoms with Crippen LogP contribution in [0, 0.1) is 13.8 Å². The number of amides is 2. The number of aromatic amines is 1. The zero-order valence-electron chi connectivity index (χ0n) is 12.2. The fraction of sp³-hybridized carbons (Fsp3) is 0.400. The number of hydrogen-bond acceptors (Lipinski definition) is 3. The lowest BCUT2D eigenvalue weighted by molar-refractivity contribution is 0.247. The predicted octanol–water partition coefficient (Wildman–Crippen LogP) is 2.10. The maximum absolute atomic E-state index is 12.1. The number of aromatic nitrogens is 3. The molecule has 1 aliphatic rings. The number of fused-ring (bicyclic) bond motifs is 1. The van der Waals surface area contributed by atoms with E-state index in [2.05, 4.69) is 25.8 Å². The molecule has 0 aliphatic heterocycles. The van der Waals surface area contributed by atoms with E-state index in [0.717, 1.165) is 30.5 Å². The summed E-state index contributed by atoms with van der Waals surface area (Å²) in [6.45, 7) is 3.90. The fourth-order valence-corrected chi connectivity index (χ4v) is 2.78. The van der Waals surface area contributed by atoms with Gasteiger partial charge in [-0.25, -0.2) is 9.78 Å². The first kappa shape index (κ1) is 13.6. The molecule has 0 spiro atoms. The van der Waals surface area contributed by atoms with Gasteiger partial charge >= 0.3 is 6.03 Å². The van der Waals surface area contributed by atoms with Gasteiger partial charge in [-0.15, -0.1) is 0 Å². The van der Waals surface area contributed by atoms with Gasteiger partial charge in [0.05, 0.1) is 6.20 Å². The van der Waals surface area contributed by atoms with Crippen molar-refractivity contribution in [2.75, 3.05) is 5.32 Å². The highest BCUT2D eigenvalue weighted by atomic mass is 16.2. The van der Waals surface area contributed by atoms with E-state index in [-0.39, 0.29) is 12.1 Å². The lowest BCUT2D eigenvalue weighted by atomic mass is 9.94. The second kappa shape index (κ2) is 5.55. The van der Waals surface area contributed by atoms with Crippen LogP contribution in [-0.2, 0) is 12.8 Å². The molecule has 0 saturated heterocycles. The normalized spacial score (nSPS) is 17.1. The second-order valence-corrected chi connectivity index (χ2v) is 5.58. The van der Waals surface area contributed by atoms with Crippen LogP contribution in [0.4, 0.5) is 10.6 Å². The number of urea groups is 1.